The second-order valence-corrected chi connectivity index (χ2v) is 7.13. The number of aryl methyl sites for hydroxylation is 1. The number of anilines is 1. The minimum Gasteiger partial charge on any atom is -0.324 e. The quantitative estimate of drug-likeness (QED) is 0.843. The molecule has 2 aromatic rings. The summed E-state index contributed by atoms with van der Waals surface area (Å²) >= 11 is 0. The number of amides is 1. The third kappa shape index (κ3) is 5.56. The number of carbonyl (C=O) groups is 1. The van der Waals surface area contributed by atoms with E-state index < -0.39 is 17.6 Å². The van der Waals surface area contributed by atoms with E-state index in [1.807, 2.05) is 11.0 Å². The molecule has 0 atom stereocenters. The maximum Gasteiger partial charge on any atom is 0.418 e. The molecule has 1 saturated heterocycles. The number of nitrogens with one attached hydrogen (secondary N) is 1. The van der Waals surface area contributed by atoms with Gasteiger partial charge in [-0.15, -0.1) is 0 Å². The zero-order valence-electron chi connectivity index (χ0n) is 15.8. The second kappa shape index (κ2) is 8.75. The van der Waals surface area contributed by atoms with Crippen LogP contribution in [0.5, 0.6) is 0 Å². The lowest BCUT2D eigenvalue weighted by Crippen LogP contribution is -2.48. The summed E-state index contributed by atoms with van der Waals surface area (Å²) in [5, 5.41) is 2.41. The monoisotopic (exact) mass is 391 g/mol. The van der Waals surface area contributed by atoms with Crippen molar-refractivity contribution >= 4 is 11.6 Å². The van der Waals surface area contributed by atoms with Crippen molar-refractivity contribution in [1.82, 2.24) is 9.80 Å². The minimum atomic E-state index is -4.49. The third-order valence-corrected chi connectivity index (χ3v) is 4.83. The van der Waals surface area contributed by atoms with Crippen LogP contribution in [0.4, 0.5) is 18.9 Å². The Morgan fingerprint density at radius 3 is 2.36 bits per heavy atom. The smallest absolute Gasteiger partial charge is 0.324 e. The topological polar surface area (TPSA) is 35.6 Å². The van der Waals surface area contributed by atoms with Crippen molar-refractivity contribution in [2.75, 3.05) is 38.0 Å². The molecule has 0 saturated carbocycles. The number of benzene rings is 2. The van der Waals surface area contributed by atoms with E-state index in [9.17, 15) is 18.0 Å². The molecular formula is C21H24F3N3O. The Bertz CT molecular complexity index is 815. The zero-order valence-corrected chi connectivity index (χ0v) is 15.8. The Kier molecular flexibility index (Phi) is 6.36. The molecular weight excluding hydrogens is 367 g/mol. The van der Waals surface area contributed by atoms with E-state index in [-0.39, 0.29) is 12.2 Å². The van der Waals surface area contributed by atoms with Gasteiger partial charge in [0.1, 0.15) is 0 Å². The van der Waals surface area contributed by atoms with Gasteiger partial charge in [0.15, 0.2) is 0 Å². The van der Waals surface area contributed by atoms with Crippen LogP contribution in [0.3, 0.4) is 0 Å². The first-order chi connectivity index (χ1) is 13.3. The van der Waals surface area contributed by atoms with Crippen LogP contribution in [0.2, 0.25) is 0 Å². The van der Waals surface area contributed by atoms with Crippen LogP contribution < -0.4 is 5.32 Å². The fourth-order valence-corrected chi connectivity index (χ4v) is 3.41. The van der Waals surface area contributed by atoms with Crippen LogP contribution >= 0.6 is 0 Å². The molecule has 0 radical (unpaired) electrons. The van der Waals surface area contributed by atoms with Gasteiger partial charge in [-0.05, 0) is 24.6 Å². The van der Waals surface area contributed by atoms with Crippen molar-refractivity contribution in [2.45, 2.75) is 19.6 Å². The minimum absolute atomic E-state index is 0.0878. The number of hydrogen-bond acceptors (Lipinski definition) is 3. The van der Waals surface area contributed by atoms with Gasteiger partial charge < -0.3 is 5.32 Å². The molecule has 2 aromatic carbocycles. The molecule has 1 fully saturated rings. The second-order valence-electron chi connectivity index (χ2n) is 7.13. The number of piperazine rings is 1. The van der Waals surface area contributed by atoms with Crippen LogP contribution in [0.25, 0.3) is 0 Å². The maximum absolute atomic E-state index is 13.0. The molecule has 0 aromatic heterocycles. The summed E-state index contributed by atoms with van der Waals surface area (Å²) in [4.78, 5) is 16.5. The van der Waals surface area contributed by atoms with Gasteiger partial charge in [0.25, 0.3) is 0 Å². The number of nitrogens with zero attached hydrogens (tertiary/aromatic N) is 2. The average Bonchev–Trinajstić information content (AvgIpc) is 2.63. The van der Waals surface area contributed by atoms with E-state index in [2.05, 4.69) is 35.3 Å². The molecule has 1 heterocycles. The van der Waals surface area contributed by atoms with Crippen LogP contribution in [-0.4, -0.2) is 48.4 Å². The lowest BCUT2D eigenvalue weighted by molar-refractivity contribution is -0.137. The summed E-state index contributed by atoms with van der Waals surface area (Å²) in [6, 6.07) is 13.4. The molecule has 4 nitrogen and oxygen atoms in total. The average molecular weight is 391 g/mol. The number of halogens is 3. The van der Waals surface area contributed by atoms with Gasteiger partial charge in [0, 0.05) is 32.7 Å². The molecule has 7 heteroatoms. The number of hydrogen-bond donors (Lipinski definition) is 1. The number of rotatable bonds is 5. The van der Waals surface area contributed by atoms with Crippen LogP contribution in [0.15, 0.2) is 48.5 Å². The van der Waals surface area contributed by atoms with Crippen LogP contribution in [0.1, 0.15) is 16.7 Å². The molecule has 0 unspecified atom stereocenters. The van der Waals surface area contributed by atoms with Crippen molar-refractivity contribution in [3.63, 3.8) is 0 Å². The van der Waals surface area contributed by atoms with Crippen molar-refractivity contribution in [3.05, 3.63) is 65.2 Å². The fourth-order valence-electron chi connectivity index (χ4n) is 3.41. The Labute approximate surface area is 162 Å². The summed E-state index contributed by atoms with van der Waals surface area (Å²) in [6.07, 6.45) is -4.49. The van der Waals surface area contributed by atoms with E-state index in [1.165, 1.54) is 29.3 Å². The van der Waals surface area contributed by atoms with E-state index in [0.717, 1.165) is 25.7 Å². The number of para-hydroxylation sites is 1. The third-order valence-electron chi connectivity index (χ3n) is 4.83. The highest BCUT2D eigenvalue weighted by Crippen LogP contribution is 2.34. The molecule has 1 N–H and O–H groups in total. The predicted octanol–water partition coefficient (Wildman–Crippen LogP) is 3.77. The number of alkyl halides is 3. The van der Waals surface area contributed by atoms with Gasteiger partial charge in [-0.3, -0.25) is 14.6 Å². The summed E-state index contributed by atoms with van der Waals surface area (Å²) in [6.45, 7) is 6.07. The summed E-state index contributed by atoms with van der Waals surface area (Å²) in [5.41, 5.74) is 1.46. The molecule has 1 amide bonds. The highest BCUT2D eigenvalue weighted by Gasteiger charge is 2.33. The van der Waals surface area contributed by atoms with Gasteiger partial charge in [-0.1, -0.05) is 42.0 Å². The zero-order chi connectivity index (χ0) is 20.1. The van der Waals surface area contributed by atoms with E-state index in [1.54, 1.807) is 0 Å². The van der Waals surface area contributed by atoms with Crippen molar-refractivity contribution in [3.8, 4) is 0 Å². The first kappa shape index (κ1) is 20.4. The highest BCUT2D eigenvalue weighted by atomic mass is 19.4. The van der Waals surface area contributed by atoms with E-state index in [0.29, 0.717) is 13.1 Å². The summed E-state index contributed by atoms with van der Waals surface area (Å²) in [7, 11) is 0. The van der Waals surface area contributed by atoms with E-state index in [4.69, 9.17) is 0 Å². The van der Waals surface area contributed by atoms with Gasteiger partial charge >= 0.3 is 6.18 Å². The molecule has 3 rings (SSSR count). The van der Waals surface area contributed by atoms with Crippen molar-refractivity contribution < 1.29 is 18.0 Å². The standard InChI is InChI=1S/C21H24F3N3O/c1-16-5-4-6-17(13-16)14-26-9-11-27(12-10-26)15-20(28)25-19-8-3-2-7-18(19)21(22,23)24/h2-8,13H,9-12,14-15H2,1H3,(H,25,28). The van der Waals surface area contributed by atoms with Crippen LogP contribution in [0, 0.1) is 6.92 Å². The Morgan fingerprint density at radius 2 is 1.68 bits per heavy atom. The summed E-state index contributed by atoms with van der Waals surface area (Å²) < 4.78 is 39.1. The van der Waals surface area contributed by atoms with Gasteiger partial charge in [-0.25, -0.2) is 0 Å². The molecule has 28 heavy (non-hydrogen) atoms. The molecule has 150 valence electrons. The van der Waals surface area contributed by atoms with Gasteiger partial charge in [-0.2, -0.15) is 13.2 Å². The van der Waals surface area contributed by atoms with E-state index >= 15 is 0 Å². The Hall–Kier alpha value is -2.38. The normalized spacial score (nSPS) is 16.1. The summed E-state index contributed by atoms with van der Waals surface area (Å²) in [5.74, 6) is -0.427. The largest absolute Gasteiger partial charge is 0.418 e. The Balaban J connectivity index is 1.49. The maximum atomic E-state index is 13.0. The number of carbonyl (C=O) groups excluding carboxylic acids is 1. The predicted molar refractivity (Wildman–Crippen MR) is 103 cm³/mol. The van der Waals surface area contributed by atoms with Crippen molar-refractivity contribution in [1.29, 1.82) is 0 Å². The fraction of sp³-hybridized carbons (Fsp3) is 0.381. The van der Waals surface area contributed by atoms with Crippen LogP contribution in [-0.2, 0) is 17.5 Å². The molecule has 1 aliphatic rings. The Morgan fingerprint density at radius 1 is 1.00 bits per heavy atom. The molecule has 0 bridgehead atoms. The highest BCUT2D eigenvalue weighted by molar-refractivity contribution is 5.93. The lowest BCUT2D eigenvalue weighted by Gasteiger charge is -2.34. The van der Waals surface area contributed by atoms with Gasteiger partial charge in [0.05, 0.1) is 17.8 Å². The van der Waals surface area contributed by atoms with Gasteiger partial charge in [0.2, 0.25) is 5.91 Å². The SMILES string of the molecule is Cc1cccc(CN2CCN(CC(=O)Nc3ccccc3C(F)(F)F)CC2)c1. The lowest BCUT2D eigenvalue weighted by atomic mass is 10.1. The van der Waals surface area contributed by atoms with Crippen molar-refractivity contribution in [2.24, 2.45) is 0 Å². The first-order valence-corrected chi connectivity index (χ1v) is 9.27. The first-order valence-electron chi connectivity index (χ1n) is 9.27. The molecule has 0 aliphatic carbocycles. The molecule has 0 spiro atoms. The molecule has 1 aliphatic heterocycles.